The smallest absolute Gasteiger partial charge is 0.314 e. The first-order valence-electron chi connectivity index (χ1n) is 8.37. The molecule has 2 aromatic carbocycles. The number of hydrogen-bond donors (Lipinski definition) is 2. The van der Waals surface area contributed by atoms with Crippen LogP contribution in [0.15, 0.2) is 47.5 Å². The predicted octanol–water partition coefficient (Wildman–Crippen LogP) is 2.83. The number of nitrogens with two attached hydrogens (primary N) is 2. The van der Waals surface area contributed by atoms with E-state index in [9.17, 15) is 4.79 Å². The Morgan fingerprint density at radius 2 is 1.75 bits per heavy atom. The number of fused-ring (bicyclic) bond motifs is 1. The van der Waals surface area contributed by atoms with Crippen molar-refractivity contribution in [2.24, 2.45) is 28.3 Å². The van der Waals surface area contributed by atoms with E-state index in [1.807, 2.05) is 42.5 Å². The van der Waals surface area contributed by atoms with E-state index < -0.39 is 0 Å². The number of nitrogens with zero attached hydrogens (tertiary/aromatic N) is 1. The van der Waals surface area contributed by atoms with Crippen LogP contribution in [0.1, 0.15) is 25.7 Å². The number of benzene rings is 2. The van der Waals surface area contributed by atoms with E-state index in [1.165, 1.54) is 0 Å². The summed E-state index contributed by atoms with van der Waals surface area (Å²) in [7, 11) is 0. The van der Waals surface area contributed by atoms with Gasteiger partial charge in [0.05, 0.1) is 5.92 Å². The first-order valence-corrected chi connectivity index (χ1v) is 8.37. The maximum Gasteiger partial charge on any atom is 0.314 e. The van der Waals surface area contributed by atoms with Crippen molar-refractivity contribution in [3.63, 3.8) is 0 Å². The average Bonchev–Trinajstić information content (AvgIpc) is 2.60. The highest BCUT2D eigenvalue weighted by Gasteiger charge is 2.27. The van der Waals surface area contributed by atoms with Crippen molar-refractivity contribution in [3.8, 4) is 5.75 Å². The van der Waals surface area contributed by atoms with Crippen LogP contribution in [-0.2, 0) is 4.79 Å². The zero-order valence-corrected chi connectivity index (χ0v) is 13.7. The van der Waals surface area contributed by atoms with Crippen LogP contribution in [0.3, 0.4) is 0 Å². The van der Waals surface area contributed by atoms with Crippen molar-refractivity contribution >= 4 is 22.7 Å². The van der Waals surface area contributed by atoms with E-state index >= 15 is 0 Å². The molecule has 1 saturated carbocycles. The van der Waals surface area contributed by atoms with Crippen molar-refractivity contribution in [2.45, 2.75) is 25.7 Å². The van der Waals surface area contributed by atoms with Crippen LogP contribution in [0, 0.1) is 11.8 Å². The fourth-order valence-corrected chi connectivity index (χ4v) is 3.25. The summed E-state index contributed by atoms with van der Waals surface area (Å²) in [4.78, 5) is 16.5. The predicted molar refractivity (Wildman–Crippen MR) is 95.7 cm³/mol. The molecule has 0 saturated heterocycles. The number of carbonyl (C=O) groups excluding carboxylic acids is 1. The summed E-state index contributed by atoms with van der Waals surface area (Å²) in [5.41, 5.74) is 10.7. The molecule has 5 nitrogen and oxygen atoms in total. The monoisotopic (exact) mass is 325 g/mol. The minimum Gasteiger partial charge on any atom is -0.426 e. The minimum absolute atomic E-state index is 0.0353. The Morgan fingerprint density at radius 3 is 2.46 bits per heavy atom. The van der Waals surface area contributed by atoms with E-state index in [4.69, 9.17) is 16.2 Å². The van der Waals surface area contributed by atoms with Gasteiger partial charge in [0.2, 0.25) is 0 Å². The molecule has 0 radical (unpaired) electrons. The molecule has 0 amide bonds. The summed E-state index contributed by atoms with van der Waals surface area (Å²) in [6.07, 6.45) is 3.57. The summed E-state index contributed by atoms with van der Waals surface area (Å²) in [5, 5.41) is 2.21. The average molecular weight is 325 g/mol. The van der Waals surface area contributed by atoms with Crippen LogP contribution < -0.4 is 16.2 Å². The van der Waals surface area contributed by atoms with Crippen LogP contribution in [0.2, 0.25) is 0 Å². The third-order valence-corrected chi connectivity index (χ3v) is 4.65. The molecule has 126 valence electrons. The lowest BCUT2D eigenvalue weighted by Crippen LogP contribution is -2.28. The number of carbonyl (C=O) groups is 1. The molecule has 0 spiro atoms. The first-order chi connectivity index (χ1) is 11.6. The molecule has 0 unspecified atom stereocenters. The van der Waals surface area contributed by atoms with Gasteiger partial charge in [-0.2, -0.15) is 0 Å². The summed E-state index contributed by atoms with van der Waals surface area (Å²) in [6.45, 7) is 0.648. The van der Waals surface area contributed by atoms with Crippen LogP contribution >= 0.6 is 0 Å². The zero-order valence-electron chi connectivity index (χ0n) is 13.7. The number of guanidine groups is 1. The molecule has 0 heterocycles. The molecule has 1 aliphatic carbocycles. The second kappa shape index (κ2) is 7.34. The molecule has 24 heavy (non-hydrogen) atoms. The third-order valence-electron chi connectivity index (χ3n) is 4.65. The Kier molecular flexibility index (Phi) is 4.99. The van der Waals surface area contributed by atoms with E-state index in [0.717, 1.165) is 36.5 Å². The van der Waals surface area contributed by atoms with E-state index in [2.05, 4.69) is 4.99 Å². The normalized spacial score (nSPS) is 20.5. The van der Waals surface area contributed by atoms with Crippen LogP contribution in [0.5, 0.6) is 5.75 Å². The Hall–Kier alpha value is -2.56. The molecule has 2 aromatic rings. The number of hydrogen-bond acceptors (Lipinski definition) is 3. The summed E-state index contributed by atoms with van der Waals surface area (Å²) >= 11 is 0. The molecule has 0 bridgehead atoms. The molecule has 3 rings (SSSR count). The second-order valence-electron chi connectivity index (χ2n) is 6.41. The van der Waals surface area contributed by atoms with Crippen molar-refractivity contribution in [1.82, 2.24) is 0 Å². The molecule has 0 atom stereocenters. The standard InChI is InChI=1S/C19H23N3O2/c20-19(21)22-12-13-5-7-15(8-6-13)18(23)24-17-10-9-14-3-1-2-4-16(14)11-17/h1-4,9-11,13,15H,5-8,12H2,(H4,20,21,22). The summed E-state index contributed by atoms with van der Waals surface area (Å²) in [5.74, 6) is 1.03. The van der Waals surface area contributed by atoms with Crippen LogP contribution in [-0.4, -0.2) is 18.5 Å². The fourth-order valence-electron chi connectivity index (χ4n) is 3.25. The minimum atomic E-state index is -0.134. The fraction of sp³-hybridized carbons (Fsp3) is 0.368. The third kappa shape index (κ3) is 4.04. The Labute approximate surface area is 141 Å². The van der Waals surface area contributed by atoms with Gasteiger partial charge in [-0.3, -0.25) is 9.79 Å². The summed E-state index contributed by atoms with van der Waals surface area (Å²) in [6, 6.07) is 13.8. The first kappa shape index (κ1) is 16.3. The SMILES string of the molecule is NC(N)=NCC1CCC(C(=O)Oc2ccc3ccccc3c2)CC1. The van der Waals surface area contributed by atoms with Gasteiger partial charge in [0.1, 0.15) is 5.75 Å². The molecule has 0 aliphatic heterocycles. The van der Waals surface area contributed by atoms with Gasteiger partial charge in [-0.05, 0) is 54.5 Å². The van der Waals surface area contributed by atoms with Crippen molar-refractivity contribution in [1.29, 1.82) is 0 Å². The topological polar surface area (TPSA) is 90.7 Å². The Balaban J connectivity index is 1.56. The second-order valence-corrected chi connectivity index (χ2v) is 6.41. The molecular formula is C19H23N3O2. The molecule has 4 N–H and O–H groups in total. The lowest BCUT2D eigenvalue weighted by atomic mass is 9.82. The highest BCUT2D eigenvalue weighted by molar-refractivity contribution is 5.85. The van der Waals surface area contributed by atoms with Crippen molar-refractivity contribution in [2.75, 3.05) is 6.54 Å². The summed E-state index contributed by atoms with van der Waals surface area (Å²) < 4.78 is 5.59. The lowest BCUT2D eigenvalue weighted by Gasteiger charge is -2.26. The number of esters is 1. The zero-order chi connectivity index (χ0) is 16.9. The van der Waals surface area contributed by atoms with Gasteiger partial charge in [-0.25, -0.2) is 0 Å². The number of ether oxygens (including phenoxy) is 1. The van der Waals surface area contributed by atoms with E-state index in [-0.39, 0.29) is 17.8 Å². The van der Waals surface area contributed by atoms with Crippen LogP contribution in [0.25, 0.3) is 10.8 Å². The molecule has 0 aromatic heterocycles. The van der Waals surface area contributed by atoms with Gasteiger partial charge in [0.25, 0.3) is 0 Å². The Bertz CT molecular complexity index is 745. The van der Waals surface area contributed by atoms with Gasteiger partial charge in [0, 0.05) is 6.54 Å². The Morgan fingerprint density at radius 1 is 1.04 bits per heavy atom. The highest BCUT2D eigenvalue weighted by Crippen LogP contribution is 2.30. The maximum absolute atomic E-state index is 12.4. The molecule has 1 fully saturated rings. The number of aliphatic imine (C=N–C) groups is 1. The van der Waals surface area contributed by atoms with E-state index in [1.54, 1.807) is 0 Å². The van der Waals surface area contributed by atoms with E-state index in [0.29, 0.717) is 18.2 Å². The highest BCUT2D eigenvalue weighted by atomic mass is 16.5. The molecule has 5 heteroatoms. The molecule has 1 aliphatic rings. The van der Waals surface area contributed by atoms with Crippen molar-refractivity contribution in [3.05, 3.63) is 42.5 Å². The molecular weight excluding hydrogens is 302 g/mol. The van der Waals surface area contributed by atoms with Crippen molar-refractivity contribution < 1.29 is 9.53 Å². The van der Waals surface area contributed by atoms with Gasteiger partial charge in [-0.15, -0.1) is 0 Å². The van der Waals surface area contributed by atoms with Gasteiger partial charge in [-0.1, -0.05) is 30.3 Å². The lowest BCUT2D eigenvalue weighted by molar-refractivity contribution is -0.140. The largest absolute Gasteiger partial charge is 0.426 e. The quantitative estimate of drug-likeness (QED) is 0.391. The van der Waals surface area contributed by atoms with Crippen LogP contribution in [0.4, 0.5) is 0 Å². The number of rotatable bonds is 4. The maximum atomic E-state index is 12.4. The van der Waals surface area contributed by atoms with Gasteiger partial charge in [0.15, 0.2) is 5.96 Å². The van der Waals surface area contributed by atoms with Gasteiger partial charge >= 0.3 is 5.97 Å². The van der Waals surface area contributed by atoms with Gasteiger partial charge < -0.3 is 16.2 Å².